The van der Waals surface area contributed by atoms with Gasteiger partial charge in [-0.2, -0.15) is 5.10 Å². The lowest BCUT2D eigenvalue weighted by molar-refractivity contribution is -0.121. The molecular weight excluding hydrogens is 416 g/mol. The molecule has 0 fully saturated rings. The molecule has 0 aliphatic rings. The van der Waals surface area contributed by atoms with Crippen molar-refractivity contribution in [2.75, 3.05) is 10.6 Å². The Balaban J connectivity index is 1.73. The maximum absolute atomic E-state index is 12.5. The number of hydrogen-bond donors (Lipinski definition) is 1. The average molecular weight is 439 g/mol. The monoisotopic (exact) mass is 438 g/mol. The van der Waals surface area contributed by atoms with Crippen LogP contribution in [0.2, 0.25) is 0 Å². The molecule has 1 aromatic heterocycles. The molecule has 0 saturated heterocycles. The van der Waals surface area contributed by atoms with Crippen LogP contribution in [0.3, 0.4) is 0 Å². The van der Waals surface area contributed by atoms with E-state index in [0.717, 1.165) is 16.1 Å². The first kappa shape index (κ1) is 22.0. The number of nitrogens with zero attached hydrogens (tertiary/aromatic N) is 3. The highest BCUT2D eigenvalue weighted by atomic mass is 32.2. The molecule has 0 unspecified atom stereocenters. The van der Waals surface area contributed by atoms with Gasteiger partial charge in [-0.05, 0) is 61.0 Å². The fraction of sp³-hybridized carbons (Fsp3) is 0.136. The van der Waals surface area contributed by atoms with Crippen LogP contribution in [0.5, 0.6) is 11.5 Å². The summed E-state index contributed by atoms with van der Waals surface area (Å²) in [6, 6.07) is 18.1. The summed E-state index contributed by atoms with van der Waals surface area (Å²) >= 11 is 0. The molecule has 1 amide bonds. The number of amides is 1. The highest BCUT2D eigenvalue weighted by Gasteiger charge is 2.29. The number of ether oxygens (including phenoxy) is 1. The van der Waals surface area contributed by atoms with Gasteiger partial charge in [0.1, 0.15) is 17.5 Å². The number of benzene rings is 2. The average Bonchev–Trinajstić information content (AvgIpc) is 2.75. The zero-order valence-electron chi connectivity index (χ0n) is 17.0. The minimum Gasteiger partial charge on any atom is -0.457 e. The number of aromatic nitrogens is 1. The number of anilines is 1. The number of rotatable bonds is 8. The van der Waals surface area contributed by atoms with Crippen molar-refractivity contribution in [2.45, 2.75) is 13.0 Å². The van der Waals surface area contributed by atoms with Crippen LogP contribution in [0.25, 0.3) is 0 Å². The van der Waals surface area contributed by atoms with Gasteiger partial charge < -0.3 is 4.74 Å². The van der Waals surface area contributed by atoms with Crippen LogP contribution in [0, 0.1) is 0 Å². The Kier molecular flexibility index (Phi) is 6.99. The lowest BCUT2D eigenvalue weighted by atomic mass is 10.2. The molecule has 31 heavy (non-hydrogen) atoms. The summed E-state index contributed by atoms with van der Waals surface area (Å²) < 4.78 is 31.6. The fourth-order valence-corrected chi connectivity index (χ4v) is 3.98. The van der Waals surface area contributed by atoms with Crippen molar-refractivity contribution in [3.63, 3.8) is 0 Å². The van der Waals surface area contributed by atoms with Crippen molar-refractivity contribution in [2.24, 2.45) is 5.10 Å². The van der Waals surface area contributed by atoms with Gasteiger partial charge in [-0.25, -0.2) is 13.8 Å². The van der Waals surface area contributed by atoms with E-state index in [4.69, 9.17) is 4.74 Å². The van der Waals surface area contributed by atoms with Gasteiger partial charge in [0, 0.05) is 12.4 Å². The molecule has 0 spiro atoms. The first-order valence-electron chi connectivity index (χ1n) is 9.40. The number of carbonyl (C=O) groups is 1. The van der Waals surface area contributed by atoms with E-state index in [2.05, 4.69) is 15.5 Å². The van der Waals surface area contributed by atoms with Gasteiger partial charge in [-0.3, -0.25) is 14.1 Å². The molecule has 1 atom stereocenters. The van der Waals surface area contributed by atoms with Crippen LogP contribution in [0.15, 0.2) is 84.2 Å². The molecule has 0 radical (unpaired) electrons. The normalized spacial score (nSPS) is 12.3. The van der Waals surface area contributed by atoms with Crippen LogP contribution < -0.4 is 14.5 Å². The lowest BCUT2D eigenvalue weighted by Crippen LogP contribution is -2.46. The molecule has 3 aromatic rings. The van der Waals surface area contributed by atoms with E-state index in [1.54, 1.807) is 48.8 Å². The molecule has 0 aliphatic heterocycles. The van der Waals surface area contributed by atoms with Gasteiger partial charge in [0.05, 0.1) is 18.2 Å². The van der Waals surface area contributed by atoms with Crippen molar-refractivity contribution in [1.82, 2.24) is 10.4 Å². The number of hydrazone groups is 1. The number of nitrogens with one attached hydrogen (secondary N) is 1. The second kappa shape index (κ2) is 9.86. The standard InChI is InChI=1S/C22H22N4O4S/c1-17(22(27)25-24-16-18-12-14-23-15-13-18)26(31(2,28)29)19-8-10-21(11-9-19)30-20-6-4-3-5-7-20/h3-17H,1-2H3,(H,25,27)/b24-16-/t17-/m0/s1. The predicted molar refractivity (Wildman–Crippen MR) is 120 cm³/mol. The van der Waals surface area contributed by atoms with E-state index in [9.17, 15) is 13.2 Å². The Hall–Kier alpha value is -3.72. The molecule has 8 nitrogen and oxygen atoms in total. The fourth-order valence-electron chi connectivity index (χ4n) is 2.81. The van der Waals surface area contributed by atoms with Crippen molar-refractivity contribution in [1.29, 1.82) is 0 Å². The van der Waals surface area contributed by atoms with Crippen molar-refractivity contribution < 1.29 is 17.9 Å². The molecule has 0 bridgehead atoms. The summed E-state index contributed by atoms with van der Waals surface area (Å²) in [5.41, 5.74) is 3.46. The molecule has 9 heteroatoms. The Morgan fingerprint density at radius 2 is 1.65 bits per heavy atom. The third-order valence-electron chi connectivity index (χ3n) is 4.25. The van der Waals surface area contributed by atoms with E-state index < -0.39 is 22.0 Å². The van der Waals surface area contributed by atoms with E-state index >= 15 is 0 Å². The minimum atomic E-state index is -3.74. The van der Waals surface area contributed by atoms with Gasteiger partial charge in [0.2, 0.25) is 10.0 Å². The molecule has 0 saturated carbocycles. The molecule has 1 heterocycles. The summed E-state index contributed by atoms with van der Waals surface area (Å²) in [6.45, 7) is 1.49. The number of hydrogen-bond acceptors (Lipinski definition) is 6. The van der Waals surface area contributed by atoms with E-state index in [0.29, 0.717) is 17.2 Å². The summed E-state index contributed by atoms with van der Waals surface area (Å²) in [5, 5.41) is 3.89. The summed E-state index contributed by atoms with van der Waals surface area (Å²) in [5.74, 6) is 0.637. The van der Waals surface area contributed by atoms with Crippen LogP contribution >= 0.6 is 0 Å². The Morgan fingerprint density at radius 3 is 2.26 bits per heavy atom. The summed E-state index contributed by atoms with van der Waals surface area (Å²) in [6.07, 6.45) is 5.70. The molecule has 0 aliphatic carbocycles. The first-order chi connectivity index (χ1) is 14.8. The molecule has 2 aromatic carbocycles. The van der Waals surface area contributed by atoms with Gasteiger partial charge >= 0.3 is 0 Å². The van der Waals surface area contributed by atoms with Crippen LogP contribution in [-0.2, 0) is 14.8 Å². The Bertz CT molecular complexity index is 1140. The summed E-state index contributed by atoms with van der Waals surface area (Å²) in [4.78, 5) is 16.4. The lowest BCUT2D eigenvalue weighted by Gasteiger charge is -2.27. The van der Waals surface area contributed by atoms with Crippen LogP contribution in [0.1, 0.15) is 12.5 Å². The largest absolute Gasteiger partial charge is 0.457 e. The van der Waals surface area contributed by atoms with Crippen molar-refractivity contribution in [3.8, 4) is 11.5 Å². The summed E-state index contributed by atoms with van der Waals surface area (Å²) in [7, 11) is -3.74. The molecular formula is C22H22N4O4S. The topological polar surface area (TPSA) is 101 Å². The van der Waals surface area contributed by atoms with Crippen LogP contribution in [-0.4, -0.2) is 37.8 Å². The number of carbonyl (C=O) groups excluding carboxylic acids is 1. The number of sulfonamides is 1. The Morgan fingerprint density at radius 1 is 1.03 bits per heavy atom. The minimum absolute atomic E-state index is 0.337. The zero-order chi connectivity index (χ0) is 22.3. The smallest absolute Gasteiger partial charge is 0.263 e. The highest BCUT2D eigenvalue weighted by molar-refractivity contribution is 7.92. The maximum atomic E-state index is 12.5. The van der Waals surface area contributed by atoms with E-state index in [-0.39, 0.29) is 0 Å². The zero-order valence-corrected chi connectivity index (χ0v) is 17.9. The number of pyridine rings is 1. The predicted octanol–water partition coefficient (Wildman–Crippen LogP) is 3.18. The third-order valence-corrected chi connectivity index (χ3v) is 5.49. The molecule has 1 N–H and O–H groups in total. The Labute approximate surface area is 181 Å². The van der Waals surface area contributed by atoms with Gasteiger partial charge in [-0.15, -0.1) is 0 Å². The first-order valence-corrected chi connectivity index (χ1v) is 11.2. The second-order valence-electron chi connectivity index (χ2n) is 6.66. The quantitative estimate of drug-likeness (QED) is 0.430. The van der Waals surface area contributed by atoms with Crippen molar-refractivity contribution in [3.05, 3.63) is 84.7 Å². The third kappa shape index (κ3) is 6.13. The van der Waals surface area contributed by atoms with Gasteiger partial charge in [-0.1, -0.05) is 18.2 Å². The highest BCUT2D eigenvalue weighted by Crippen LogP contribution is 2.26. The molecule has 160 valence electrons. The van der Waals surface area contributed by atoms with E-state index in [1.807, 2.05) is 30.3 Å². The maximum Gasteiger partial charge on any atom is 0.263 e. The van der Waals surface area contributed by atoms with Crippen LogP contribution in [0.4, 0.5) is 5.69 Å². The molecule has 3 rings (SSSR count). The van der Waals surface area contributed by atoms with Crippen molar-refractivity contribution >= 4 is 27.8 Å². The van der Waals surface area contributed by atoms with E-state index in [1.165, 1.54) is 13.1 Å². The number of para-hydroxylation sites is 1. The second-order valence-corrected chi connectivity index (χ2v) is 8.52. The van der Waals surface area contributed by atoms with Gasteiger partial charge in [0.15, 0.2) is 0 Å². The SMILES string of the molecule is C[C@@H](C(=O)N/N=C\c1ccncc1)N(c1ccc(Oc2ccccc2)cc1)S(C)(=O)=O. The van der Waals surface area contributed by atoms with Gasteiger partial charge in [0.25, 0.3) is 5.91 Å².